The Labute approximate surface area is 134 Å². The minimum Gasteiger partial charge on any atom is -0.313 e. The van der Waals surface area contributed by atoms with Gasteiger partial charge in [-0.2, -0.15) is 0 Å². The van der Waals surface area contributed by atoms with E-state index in [1.54, 1.807) is 12.1 Å². The Balaban J connectivity index is 2.22. The van der Waals surface area contributed by atoms with Crippen LogP contribution in [0.4, 0.5) is 0 Å². The highest BCUT2D eigenvalue weighted by atomic mass is 35.5. The van der Waals surface area contributed by atoms with Gasteiger partial charge in [0.15, 0.2) is 0 Å². The van der Waals surface area contributed by atoms with E-state index in [1.807, 2.05) is 12.1 Å². The van der Waals surface area contributed by atoms with Gasteiger partial charge in [0.1, 0.15) is 0 Å². The standard InChI is InChI=1S/C16H16Cl3N/c1-2-7-20-10-11-3-5-12(6-4-11)16-14(18)8-13(17)9-15(16)19/h3-6,8-9,20H,2,7,10H2,1H3. The first-order valence-electron chi connectivity index (χ1n) is 6.56. The lowest BCUT2D eigenvalue weighted by molar-refractivity contribution is 0.675. The number of halogens is 3. The van der Waals surface area contributed by atoms with Crippen molar-refractivity contribution in [2.75, 3.05) is 6.54 Å². The number of hydrogen-bond acceptors (Lipinski definition) is 1. The van der Waals surface area contributed by atoms with Crippen LogP contribution in [0.25, 0.3) is 11.1 Å². The minimum absolute atomic E-state index is 0.545. The van der Waals surface area contributed by atoms with Crippen molar-refractivity contribution >= 4 is 34.8 Å². The fourth-order valence-electron chi connectivity index (χ4n) is 2.02. The topological polar surface area (TPSA) is 12.0 Å². The zero-order valence-electron chi connectivity index (χ0n) is 11.2. The summed E-state index contributed by atoms with van der Waals surface area (Å²) in [5, 5.41) is 5.05. The van der Waals surface area contributed by atoms with Gasteiger partial charge in [-0.25, -0.2) is 0 Å². The van der Waals surface area contributed by atoms with Crippen molar-refractivity contribution in [1.82, 2.24) is 5.32 Å². The summed E-state index contributed by atoms with van der Waals surface area (Å²) in [6.07, 6.45) is 1.13. The van der Waals surface area contributed by atoms with Crippen molar-refractivity contribution in [2.45, 2.75) is 19.9 Å². The van der Waals surface area contributed by atoms with Gasteiger partial charge >= 0.3 is 0 Å². The molecule has 0 aliphatic rings. The van der Waals surface area contributed by atoms with E-state index in [2.05, 4.69) is 24.4 Å². The van der Waals surface area contributed by atoms with Crippen molar-refractivity contribution in [1.29, 1.82) is 0 Å². The van der Waals surface area contributed by atoms with E-state index in [4.69, 9.17) is 34.8 Å². The molecule has 1 nitrogen and oxygen atoms in total. The summed E-state index contributed by atoms with van der Waals surface area (Å²) in [5.41, 5.74) is 3.06. The van der Waals surface area contributed by atoms with Crippen LogP contribution in [0.3, 0.4) is 0 Å². The first-order valence-corrected chi connectivity index (χ1v) is 7.69. The van der Waals surface area contributed by atoms with Gasteiger partial charge in [-0.05, 0) is 36.2 Å². The molecular formula is C16H16Cl3N. The van der Waals surface area contributed by atoms with Gasteiger partial charge < -0.3 is 5.32 Å². The van der Waals surface area contributed by atoms with Crippen molar-refractivity contribution in [2.24, 2.45) is 0 Å². The summed E-state index contributed by atoms with van der Waals surface area (Å²) in [7, 11) is 0. The number of rotatable bonds is 5. The van der Waals surface area contributed by atoms with Crippen LogP contribution in [-0.2, 0) is 6.54 Å². The maximum atomic E-state index is 6.23. The molecule has 0 radical (unpaired) electrons. The molecule has 0 unspecified atom stereocenters. The van der Waals surface area contributed by atoms with E-state index in [-0.39, 0.29) is 0 Å². The zero-order valence-corrected chi connectivity index (χ0v) is 13.5. The van der Waals surface area contributed by atoms with Gasteiger partial charge in [-0.15, -0.1) is 0 Å². The Kier molecular flexibility index (Phi) is 5.74. The summed E-state index contributed by atoms with van der Waals surface area (Å²) in [6.45, 7) is 4.05. The van der Waals surface area contributed by atoms with Crippen LogP contribution in [0.5, 0.6) is 0 Å². The maximum Gasteiger partial charge on any atom is 0.0514 e. The van der Waals surface area contributed by atoms with Gasteiger partial charge in [0.25, 0.3) is 0 Å². The molecule has 4 heteroatoms. The third kappa shape index (κ3) is 3.89. The Morgan fingerprint density at radius 2 is 1.55 bits per heavy atom. The summed E-state index contributed by atoms with van der Waals surface area (Å²) < 4.78 is 0. The molecule has 0 aromatic heterocycles. The Morgan fingerprint density at radius 3 is 2.10 bits per heavy atom. The second-order valence-corrected chi connectivity index (χ2v) is 5.87. The van der Waals surface area contributed by atoms with Gasteiger partial charge in [-0.3, -0.25) is 0 Å². The van der Waals surface area contributed by atoms with Crippen LogP contribution >= 0.6 is 34.8 Å². The lowest BCUT2D eigenvalue weighted by atomic mass is 10.0. The summed E-state index contributed by atoms with van der Waals surface area (Å²) in [5.74, 6) is 0. The van der Waals surface area contributed by atoms with Crippen LogP contribution in [0.1, 0.15) is 18.9 Å². The lowest BCUT2D eigenvalue weighted by Crippen LogP contribution is -2.13. The highest BCUT2D eigenvalue weighted by Gasteiger charge is 2.10. The van der Waals surface area contributed by atoms with Crippen LogP contribution in [-0.4, -0.2) is 6.54 Å². The highest BCUT2D eigenvalue weighted by molar-refractivity contribution is 6.41. The van der Waals surface area contributed by atoms with E-state index < -0.39 is 0 Å². The van der Waals surface area contributed by atoms with Crippen molar-refractivity contribution in [3.8, 4) is 11.1 Å². The first kappa shape index (κ1) is 15.7. The molecule has 0 bridgehead atoms. The van der Waals surface area contributed by atoms with E-state index in [9.17, 15) is 0 Å². The molecule has 2 rings (SSSR count). The largest absolute Gasteiger partial charge is 0.313 e. The summed E-state index contributed by atoms with van der Waals surface area (Å²) >= 11 is 18.4. The SMILES string of the molecule is CCCNCc1ccc(-c2c(Cl)cc(Cl)cc2Cl)cc1. The van der Waals surface area contributed by atoms with E-state index in [0.29, 0.717) is 15.1 Å². The Bertz CT molecular complexity index is 556. The monoisotopic (exact) mass is 327 g/mol. The van der Waals surface area contributed by atoms with Crippen LogP contribution in [0.2, 0.25) is 15.1 Å². The molecule has 0 saturated heterocycles. The normalized spacial score (nSPS) is 10.8. The third-order valence-corrected chi connectivity index (χ3v) is 3.82. The average molecular weight is 329 g/mol. The number of benzene rings is 2. The minimum atomic E-state index is 0.545. The predicted molar refractivity (Wildman–Crippen MR) is 88.9 cm³/mol. The molecule has 2 aromatic carbocycles. The molecule has 0 saturated carbocycles. The molecule has 0 fully saturated rings. The van der Waals surface area contributed by atoms with Crippen LogP contribution in [0.15, 0.2) is 36.4 Å². The first-order chi connectivity index (χ1) is 9.61. The van der Waals surface area contributed by atoms with Crippen LogP contribution in [0, 0.1) is 0 Å². The second-order valence-electron chi connectivity index (χ2n) is 4.62. The highest BCUT2D eigenvalue weighted by Crippen LogP contribution is 2.37. The fraction of sp³-hybridized carbons (Fsp3) is 0.250. The van der Waals surface area contributed by atoms with Gasteiger partial charge in [0, 0.05) is 17.1 Å². The number of nitrogens with one attached hydrogen (secondary N) is 1. The maximum absolute atomic E-state index is 6.23. The van der Waals surface area contributed by atoms with Gasteiger partial charge in [0.05, 0.1) is 10.0 Å². The van der Waals surface area contributed by atoms with Crippen molar-refractivity contribution < 1.29 is 0 Å². The molecule has 0 heterocycles. The predicted octanol–water partition coefficient (Wildman–Crippen LogP) is 5.81. The molecule has 1 N–H and O–H groups in total. The quantitative estimate of drug-likeness (QED) is 0.683. The summed E-state index contributed by atoms with van der Waals surface area (Å²) in [4.78, 5) is 0. The molecule has 0 atom stereocenters. The van der Waals surface area contributed by atoms with Gasteiger partial charge in [-0.1, -0.05) is 66.0 Å². The van der Waals surface area contributed by atoms with E-state index in [1.165, 1.54) is 5.56 Å². The average Bonchev–Trinajstić information content (AvgIpc) is 2.39. The van der Waals surface area contributed by atoms with E-state index >= 15 is 0 Å². The molecule has 0 spiro atoms. The Hall–Kier alpha value is -0.730. The third-order valence-electron chi connectivity index (χ3n) is 3.01. The number of hydrogen-bond donors (Lipinski definition) is 1. The molecule has 0 aliphatic heterocycles. The zero-order chi connectivity index (χ0) is 14.5. The second kappa shape index (κ2) is 7.33. The molecule has 2 aromatic rings. The van der Waals surface area contributed by atoms with E-state index in [0.717, 1.165) is 30.6 Å². The Morgan fingerprint density at radius 1 is 0.950 bits per heavy atom. The van der Waals surface area contributed by atoms with Crippen molar-refractivity contribution in [3.05, 3.63) is 57.0 Å². The fourth-order valence-corrected chi connectivity index (χ4v) is 3.05. The molecule has 106 valence electrons. The lowest BCUT2D eigenvalue weighted by Gasteiger charge is -2.09. The van der Waals surface area contributed by atoms with Crippen LogP contribution < -0.4 is 5.32 Å². The smallest absolute Gasteiger partial charge is 0.0514 e. The molecule has 20 heavy (non-hydrogen) atoms. The molecule has 0 amide bonds. The van der Waals surface area contributed by atoms with Crippen molar-refractivity contribution in [3.63, 3.8) is 0 Å². The summed E-state index contributed by atoms with van der Waals surface area (Å²) in [6, 6.07) is 11.6. The van der Waals surface area contributed by atoms with Gasteiger partial charge in [0.2, 0.25) is 0 Å². The molecule has 0 aliphatic carbocycles. The molecular weight excluding hydrogens is 313 g/mol.